The van der Waals surface area contributed by atoms with Gasteiger partial charge in [0.2, 0.25) is 16.5 Å². The Balaban J connectivity index is 1.45. The van der Waals surface area contributed by atoms with E-state index in [9.17, 15) is 9.59 Å². The fourth-order valence-electron chi connectivity index (χ4n) is 8.43. The van der Waals surface area contributed by atoms with Crippen LogP contribution in [0.4, 0.5) is 0 Å². The van der Waals surface area contributed by atoms with Gasteiger partial charge in [-0.15, -0.1) is 0 Å². The quantitative estimate of drug-likeness (QED) is 0.0978. The van der Waals surface area contributed by atoms with Gasteiger partial charge in [0.05, 0.1) is 11.1 Å². The lowest BCUT2D eigenvalue weighted by Gasteiger charge is -2.54. The van der Waals surface area contributed by atoms with E-state index in [2.05, 4.69) is 186 Å². The van der Waals surface area contributed by atoms with Crippen molar-refractivity contribution in [2.45, 2.75) is 6.42 Å². The van der Waals surface area contributed by atoms with E-state index in [1.165, 1.54) is 36.0 Å². The van der Waals surface area contributed by atoms with Gasteiger partial charge in [-0.1, -0.05) is 194 Å². The summed E-state index contributed by atoms with van der Waals surface area (Å²) in [4.78, 5) is 28.9. The lowest BCUT2D eigenvalue weighted by atomic mass is 10.1. The van der Waals surface area contributed by atoms with Crippen molar-refractivity contribution in [3.05, 3.63) is 217 Å². The van der Waals surface area contributed by atoms with Crippen molar-refractivity contribution in [3.8, 4) is 0 Å². The standard InChI is InChI=1S/C47H40N2O2Si2/c50-46-44-34-19-20-35-45(44)47(51)48(46)36-21-37-49(52(38-22-7-1-8-23-38,39-24-9-2-10-25-39)40-26-11-3-12-27-40)53(41-28-13-4-14-29-41,42-30-15-5-16-31-42)43-32-17-6-18-33-43/h1-20,22-35H,21,36-37H2. The summed E-state index contributed by atoms with van der Waals surface area (Å²) in [7, 11) is -6.41. The Bertz CT molecular complexity index is 1950. The van der Waals surface area contributed by atoms with Crippen LogP contribution in [0.2, 0.25) is 0 Å². The van der Waals surface area contributed by atoms with Gasteiger partial charge in [-0.3, -0.25) is 14.5 Å². The number of carbonyl (C=O) groups is 2. The van der Waals surface area contributed by atoms with Crippen LogP contribution in [0.15, 0.2) is 206 Å². The molecule has 0 saturated carbocycles. The summed E-state index contributed by atoms with van der Waals surface area (Å²) in [5.41, 5.74) is 0.968. The molecular weight excluding hydrogens is 681 g/mol. The Labute approximate surface area is 313 Å². The summed E-state index contributed by atoms with van der Waals surface area (Å²) in [6.45, 7) is 0.942. The van der Waals surface area contributed by atoms with Gasteiger partial charge in [-0.25, -0.2) is 0 Å². The number of rotatable bonds is 12. The molecule has 1 aliphatic heterocycles. The van der Waals surface area contributed by atoms with Gasteiger partial charge >= 0.3 is 0 Å². The zero-order valence-electron chi connectivity index (χ0n) is 29.5. The van der Waals surface area contributed by atoms with Crippen molar-refractivity contribution in [2.24, 2.45) is 0 Å². The molecule has 53 heavy (non-hydrogen) atoms. The zero-order valence-corrected chi connectivity index (χ0v) is 31.5. The van der Waals surface area contributed by atoms with E-state index in [0.29, 0.717) is 30.6 Å². The molecule has 258 valence electrons. The second-order valence-electron chi connectivity index (χ2n) is 13.4. The highest BCUT2D eigenvalue weighted by atomic mass is 28.4. The predicted molar refractivity (Wildman–Crippen MR) is 221 cm³/mol. The molecule has 2 amide bonds. The van der Waals surface area contributed by atoms with Crippen molar-refractivity contribution in [1.29, 1.82) is 0 Å². The van der Waals surface area contributed by atoms with E-state index in [-0.39, 0.29) is 11.8 Å². The molecule has 0 aliphatic carbocycles. The Morgan fingerprint density at radius 1 is 0.358 bits per heavy atom. The lowest BCUT2D eigenvalue weighted by Crippen LogP contribution is -2.90. The number of hydrogen-bond acceptors (Lipinski definition) is 3. The minimum absolute atomic E-state index is 0.215. The van der Waals surface area contributed by atoms with E-state index >= 15 is 0 Å². The summed E-state index contributed by atoms with van der Waals surface area (Å²) in [5, 5.41) is 7.65. The normalized spacial score (nSPS) is 13.0. The second-order valence-corrected chi connectivity index (χ2v) is 21.3. The summed E-state index contributed by atoms with van der Waals surface area (Å²) in [6.07, 6.45) is 0.591. The molecule has 6 heteroatoms. The molecule has 0 fully saturated rings. The van der Waals surface area contributed by atoms with Crippen LogP contribution in [-0.4, -0.2) is 50.5 Å². The monoisotopic (exact) mass is 720 g/mol. The summed E-state index contributed by atoms with van der Waals surface area (Å²) in [6, 6.07) is 73.4. The van der Waals surface area contributed by atoms with Crippen molar-refractivity contribution in [1.82, 2.24) is 9.13 Å². The molecule has 0 unspecified atom stereocenters. The highest BCUT2D eigenvalue weighted by Crippen LogP contribution is 2.26. The van der Waals surface area contributed by atoms with Crippen LogP contribution in [-0.2, 0) is 0 Å². The maximum absolute atomic E-state index is 13.7. The third-order valence-corrected chi connectivity index (χ3v) is 21.7. The van der Waals surface area contributed by atoms with Crippen LogP contribution in [0, 0.1) is 0 Å². The van der Waals surface area contributed by atoms with E-state index in [4.69, 9.17) is 0 Å². The van der Waals surface area contributed by atoms with Gasteiger partial charge in [-0.2, -0.15) is 0 Å². The van der Waals surface area contributed by atoms with Crippen LogP contribution in [0.25, 0.3) is 0 Å². The molecule has 0 spiro atoms. The number of fused-ring (bicyclic) bond motifs is 1. The zero-order chi connectivity index (χ0) is 36.1. The molecule has 7 aromatic carbocycles. The molecule has 0 saturated heterocycles. The highest BCUT2D eigenvalue weighted by Gasteiger charge is 2.57. The Morgan fingerprint density at radius 3 is 0.868 bits per heavy atom. The molecular formula is C47H40N2O2Si2. The SMILES string of the molecule is O=C1c2ccccc2C(=O)N1CCCN([Si](c1ccccc1)(c1ccccc1)c1ccccc1)[Si](c1ccccc1)(c1ccccc1)c1ccccc1. The van der Waals surface area contributed by atoms with Gasteiger partial charge in [0.25, 0.3) is 11.8 Å². The molecule has 1 heterocycles. The first-order valence-corrected chi connectivity index (χ1v) is 22.1. The average molecular weight is 721 g/mol. The van der Waals surface area contributed by atoms with Crippen LogP contribution in [0.1, 0.15) is 27.1 Å². The molecule has 7 aromatic rings. The lowest BCUT2D eigenvalue weighted by molar-refractivity contribution is 0.0652. The Morgan fingerprint density at radius 2 is 0.604 bits per heavy atom. The largest absolute Gasteiger partial charge is 0.324 e. The van der Waals surface area contributed by atoms with E-state index in [0.717, 1.165) is 0 Å². The first kappa shape index (κ1) is 34.2. The van der Waals surface area contributed by atoms with Gasteiger partial charge in [0.1, 0.15) is 0 Å². The molecule has 0 atom stereocenters. The first-order valence-electron chi connectivity index (χ1n) is 18.2. The number of imide groups is 1. The van der Waals surface area contributed by atoms with Gasteiger partial charge < -0.3 is 4.23 Å². The maximum Gasteiger partial charge on any atom is 0.261 e. The highest BCUT2D eigenvalue weighted by molar-refractivity contribution is 7.22. The smallest absolute Gasteiger partial charge is 0.261 e. The van der Waals surface area contributed by atoms with Crippen LogP contribution in [0.5, 0.6) is 0 Å². The molecule has 1 aliphatic rings. The van der Waals surface area contributed by atoms with Gasteiger partial charge in [0, 0.05) is 6.54 Å². The summed E-state index contributed by atoms with van der Waals surface area (Å²) >= 11 is 0. The van der Waals surface area contributed by atoms with Crippen LogP contribution >= 0.6 is 0 Å². The number of amides is 2. The topological polar surface area (TPSA) is 40.6 Å². The second kappa shape index (κ2) is 15.0. The minimum Gasteiger partial charge on any atom is -0.324 e. The molecule has 0 aromatic heterocycles. The van der Waals surface area contributed by atoms with Crippen molar-refractivity contribution < 1.29 is 9.59 Å². The third kappa shape index (κ3) is 5.91. The first-order chi connectivity index (χ1) is 26.2. The van der Waals surface area contributed by atoms with Crippen LogP contribution in [0.3, 0.4) is 0 Å². The van der Waals surface area contributed by atoms with E-state index in [1.54, 1.807) is 12.1 Å². The fraction of sp³-hybridized carbons (Fsp3) is 0.0638. The number of benzene rings is 7. The Hall–Kier alpha value is -5.93. The average Bonchev–Trinajstić information content (AvgIpc) is 3.48. The number of nitrogens with zero attached hydrogens (tertiary/aromatic N) is 2. The Kier molecular flexibility index (Phi) is 9.65. The molecule has 4 nitrogen and oxygen atoms in total. The molecule has 0 bridgehead atoms. The molecule has 0 radical (unpaired) electrons. The summed E-state index contributed by atoms with van der Waals surface area (Å²) < 4.78 is 2.91. The number of carbonyl (C=O) groups excluding carboxylic acids is 2. The van der Waals surface area contributed by atoms with Crippen molar-refractivity contribution in [2.75, 3.05) is 13.1 Å². The van der Waals surface area contributed by atoms with Gasteiger partial charge in [-0.05, 0) is 56.2 Å². The summed E-state index contributed by atoms with van der Waals surface area (Å²) in [5.74, 6) is -0.431. The van der Waals surface area contributed by atoms with Crippen molar-refractivity contribution >= 4 is 59.4 Å². The molecule has 8 rings (SSSR count). The maximum atomic E-state index is 13.7. The van der Waals surface area contributed by atoms with Crippen molar-refractivity contribution in [3.63, 3.8) is 0 Å². The van der Waals surface area contributed by atoms with Crippen LogP contribution < -0.4 is 31.1 Å². The predicted octanol–water partition coefficient (Wildman–Crippen LogP) is 5.31. The minimum atomic E-state index is -3.20. The van der Waals surface area contributed by atoms with E-state index in [1.807, 2.05) is 12.1 Å². The number of hydrogen-bond donors (Lipinski definition) is 0. The fourth-order valence-corrected chi connectivity index (χ4v) is 21.7. The molecule has 0 N–H and O–H groups in total. The van der Waals surface area contributed by atoms with E-state index < -0.39 is 16.5 Å². The van der Waals surface area contributed by atoms with Gasteiger partial charge in [0.15, 0.2) is 0 Å². The third-order valence-electron chi connectivity index (χ3n) is 10.6.